The maximum Gasteiger partial charge on any atom is 0.273 e. The van der Waals surface area contributed by atoms with Gasteiger partial charge in [0.1, 0.15) is 5.76 Å². The van der Waals surface area contributed by atoms with Gasteiger partial charge < -0.3 is 9.84 Å². The molecule has 0 spiro atoms. The van der Waals surface area contributed by atoms with Gasteiger partial charge in [0.05, 0.1) is 6.04 Å². The number of carbonyl (C=O) groups excluding carboxylic acids is 1. The van der Waals surface area contributed by atoms with Crippen LogP contribution in [0.3, 0.4) is 0 Å². The number of nitrogens with zero attached hydrogens (tertiary/aromatic N) is 1. The highest BCUT2D eigenvalue weighted by molar-refractivity contribution is 5.92. The second kappa shape index (κ2) is 6.57. The maximum atomic E-state index is 12.0. The summed E-state index contributed by atoms with van der Waals surface area (Å²) in [5.41, 5.74) is 2.72. The number of nitrogens with one attached hydrogen (secondary N) is 1. The van der Waals surface area contributed by atoms with Gasteiger partial charge in [-0.15, -0.1) is 0 Å². The summed E-state index contributed by atoms with van der Waals surface area (Å²) < 4.78 is 4.92. The van der Waals surface area contributed by atoms with Crippen LogP contribution in [0.1, 0.15) is 66.5 Å². The van der Waals surface area contributed by atoms with Crippen LogP contribution >= 0.6 is 0 Å². The fourth-order valence-electron chi connectivity index (χ4n) is 2.18. The number of amides is 1. The molecule has 0 unspecified atom stereocenters. The molecule has 1 amide bonds. The summed E-state index contributed by atoms with van der Waals surface area (Å²) in [5.74, 6) is 0.970. The normalized spacial score (nSPS) is 13.7. The van der Waals surface area contributed by atoms with Gasteiger partial charge in [-0.25, -0.2) is 0 Å². The summed E-state index contributed by atoms with van der Waals surface area (Å²) in [4.78, 5) is 12.0. The Morgan fingerprint density at radius 1 is 1.24 bits per heavy atom. The summed E-state index contributed by atoms with van der Waals surface area (Å²) in [6, 6.07) is 9.97. The van der Waals surface area contributed by atoms with E-state index in [9.17, 15) is 4.79 Å². The van der Waals surface area contributed by atoms with Gasteiger partial charge in [0.15, 0.2) is 5.69 Å². The van der Waals surface area contributed by atoms with E-state index in [1.165, 1.54) is 5.56 Å². The van der Waals surface area contributed by atoms with E-state index in [4.69, 9.17) is 4.52 Å². The Labute approximate surface area is 125 Å². The molecule has 2 atom stereocenters. The highest BCUT2D eigenvalue weighted by Gasteiger charge is 2.15. The first-order valence-electron chi connectivity index (χ1n) is 7.35. The standard InChI is InChI=1S/C17H22N2O2/c1-5-11(2)14-6-8-15(9-7-14)13(4)18-17(20)16-10-12(3)21-19-16/h6-11,13H,5H2,1-4H3,(H,18,20)/t11-,13-/m1/s1. The highest BCUT2D eigenvalue weighted by Crippen LogP contribution is 2.21. The lowest BCUT2D eigenvalue weighted by Crippen LogP contribution is -2.26. The number of aryl methyl sites for hydroxylation is 1. The van der Waals surface area contributed by atoms with Gasteiger partial charge in [0.25, 0.3) is 5.91 Å². The third-order valence-corrected chi connectivity index (χ3v) is 3.83. The fourth-order valence-corrected chi connectivity index (χ4v) is 2.18. The predicted molar refractivity (Wildman–Crippen MR) is 82.3 cm³/mol. The minimum atomic E-state index is -0.217. The zero-order valence-electron chi connectivity index (χ0n) is 13.0. The van der Waals surface area contributed by atoms with Crippen LogP contribution in [0.15, 0.2) is 34.9 Å². The minimum absolute atomic E-state index is 0.0690. The van der Waals surface area contributed by atoms with Gasteiger partial charge in [-0.2, -0.15) is 0 Å². The highest BCUT2D eigenvalue weighted by atomic mass is 16.5. The Kier molecular flexibility index (Phi) is 4.78. The predicted octanol–water partition coefficient (Wildman–Crippen LogP) is 3.99. The van der Waals surface area contributed by atoms with Gasteiger partial charge in [0, 0.05) is 6.07 Å². The first-order valence-corrected chi connectivity index (χ1v) is 7.35. The number of hydrogen-bond donors (Lipinski definition) is 1. The molecule has 21 heavy (non-hydrogen) atoms. The average Bonchev–Trinajstić information content (AvgIpc) is 2.93. The van der Waals surface area contributed by atoms with Crippen molar-refractivity contribution in [3.8, 4) is 0 Å². The Bertz CT molecular complexity index is 602. The van der Waals surface area contributed by atoms with Crippen molar-refractivity contribution in [2.24, 2.45) is 0 Å². The van der Waals surface area contributed by atoms with Crippen molar-refractivity contribution < 1.29 is 9.32 Å². The molecule has 1 aromatic carbocycles. The Hall–Kier alpha value is -2.10. The number of rotatable bonds is 5. The minimum Gasteiger partial charge on any atom is -0.361 e. The Morgan fingerprint density at radius 3 is 2.38 bits per heavy atom. The first kappa shape index (κ1) is 15.3. The number of hydrogen-bond acceptors (Lipinski definition) is 3. The summed E-state index contributed by atoms with van der Waals surface area (Å²) in [5, 5.41) is 6.65. The number of carbonyl (C=O) groups is 1. The third kappa shape index (κ3) is 3.72. The van der Waals surface area contributed by atoms with Crippen molar-refractivity contribution in [2.75, 3.05) is 0 Å². The van der Waals surface area contributed by atoms with Crippen LogP contribution in [-0.2, 0) is 0 Å². The van der Waals surface area contributed by atoms with Crippen molar-refractivity contribution in [3.63, 3.8) is 0 Å². The van der Waals surface area contributed by atoms with Crippen LogP contribution in [0.25, 0.3) is 0 Å². The Balaban J connectivity index is 2.03. The molecule has 1 aromatic heterocycles. The molecule has 1 N–H and O–H groups in total. The van der Waals surface area contributed by atoms with E-state index in [1.807, 2.05) is 6.92 Å². The molecule has 2 rings (SSSR count). The zero-order valence-corrected chi connectivity index (χ0v) is 13.0. The van der Waals surface area contributed by atoms with Crippen LogP contribution in [0, 0.1) is 6.92 Å². The molecule has 0 aliphatic carbocycles. The molecule has 0 aliphatic heterocycles. The topological polar surface area (TPSA) is 55.1 Å². The van der Waals surface area contributed by atoms with Crippen LogP contribution in [0.4, 0.5) is 0 Å². The molecule has 1 heterocycles. The second-order valence-corrected chi connectivity index (χ2v) is 5.49. The first-order chi connectivity index (χ1) is 10.0. The monoisotopic (exact) mass is 286 g/mol. The number of benzene rings is 1. The van der Waals surface area contributed by atoms with Gasteiger partial charge >= 0.3 is 0 Å². The van der Waals surface area contributed by atoms with Crippen molar-refractivity contribution >= 4 is 5.91 Å². The smallest absolute Gasteiger partial charge is 0.273 e. The lowest BCUT2D eigenvalue weighted by atomic mass is 9.96. The van der Waals surface area contributed by atoms with Gasteiger partial charge in [-0.3, -0.25) is 4.79 Å². The van der Waals surface area contributed by atoms with E-state index >= 15 is 0 Å². The van der Waals surface area contributed by atoms with Gasteiger partial charge in [-0.1, -0.05) is 43.3 Å². The molecule has 112 valence electrons. The molecular formula is C17H22N2O2. The molecule has 0 aliphatic rings. The van der Waals surface area contributed by atoms with Gasteiger partial charge in [-0.05, 0) is 37.3 Å². The van der Waals surface area contributed by atoms with Crippen LogP contribution < -0.4 is 5.32 Å². The Morgan fingerprint density at radius 2 is 1.86 bits per heavy atom. The van der Waals surface area contributed by atoms with E-state index < -0.39 is 0 Å². The zero-order chi connectivity index (χ0) is 15.4. The summed E-state index contributed by atoms with van der Waals surface area (Å²) in [7, 11) is 0. The number of aromatic nitrogens is 1. The van der Waals surface area contributed by atoms with Crippen molar-refractivity contribution in [1.29, 1.82) is 0 Å². The fraction of sp³-hybridized carbons (Fsp3) is 0.412. The SMILES string of the molecule is CC[C@@H](C)c1ccc([C@@H](C)NC(=O)c2cc(C)on2)cc1. The van der Waals surface area contributed by atoms with E-state index in [0.717, 1.165) is 12.0 Å². The second-order valence-electron chi connectivity index (χ2n) is 5.49. The molecule has 0 radical (unpaired) electrons. The van der Waals surface area contributed by atoms with E-state index in [-0.39, 0.29) is 11.9 Å². The molecule has 4 heteroatoms. The lowest BCUT2D eigenvalue weighted by Gasteiger charge is -2.15. The molecular weight excluding hydrogens is 264 g/mol. The lowest BCUT2D eigenvalue weighted by molar-refractivity contribution is 0.0930. The quantitative estimate of drug-likeness (QED) is 0.904. The van der Waals surface area contributed by atoms with Crippen LogP contribution in [0.5, 0.6) is 0 Å². The molecule has 0 bridgehead atoms. The molecule has 0 fully saturated rings. The summed E-state index contributed by atoms with van der Waals surface area (Å²) >= 11 is 0. The van der Waals surface area contributed by atoms with E-state index in [0.29, 0.717) is 17.4 Å². The summed E-state index contributed by atoms with van der Waals surface area (Å²) in [6.45, 7) is 8.12. The van der Waals surface area contributed by atoms with Crippen molar-refractivity contribution in [3.05, 3.63) is 52.9 Å². The molecule has 0 saturated heterocycles. The van der Waals surface area contributed by atoms with E-state index in [1.54, 1.807) is 13.0 Å². The van der Waals surface area contributed by atoms with Crippen LogP contribution in [-0.4, -0.2) is 11.1 Å². The molecule has 0 saturated carbocycles. The molecule has 2 aromatic rings. The third-order valence-electron chi connectivity index (χ3n) is 3.83. The van der Waals surface area contributed by atoms with Crippen LogP contribution in [0.2, 0.25) is 0 Å². The average molecular weight is 286 g/mol. The van der Waals surface area contributed by atoms with E-state index in [2.05, 4.69) is 48.6 Å². The molecule has 4 nitrogen and oxygen atoms in total. The summed E-state index contributed by atoms with van der Waals surface area (Å²) in [6.07, 6.45) is 1.12. The largest absolute Gasteiger partial charge is 0.361 e. The van der Waals surface area contributed by atoms with Crippen molar-refractivity contribution in [2.45, 2.75) is 46.1 Å². The maximum absolute atomic E-state index is 12.0. The van der Waals surface area contributed by atoms with Gasteiger partial charge in [0.2, 0.25) is 0 Å². The van der Waals surface area contributed by atoms with Crippen molar-refractivity contribution in [1.82, 2.24) is 10.5 Å².